The standard InChI is InChI=1S/C16H12ClN7O/c17-12-3-1-2-10(6-12)7-13-9-15(25)24(21-13)14-8-11(4-5-18-14)16-19-22-23-20-16/h1-6,8-9,21H,7H2,(H,19,20,22,23). The molecule has 0 atom stereocenters. The van der Waals surface area contributed by atoms with Crippen LogP contribution in [0.3, 0.4) is 0 Å². The molecule has 0 fully saturated rings. The van der Waals surface area contributed by atoms with Crippen molar-refractivity contribution in [2.45, 2.75) is 6.42 Å². The Morgan fingerprint density at radius 2 is 2.08 bits per heavy atom. The molecule has 0 saturated heterocycles. The molecule has 9 heteroatoms. The summed E-state index contributed by atoms with van der Waals surface area (Å²) in [5.41, 5.74) is 2.28. The minimum atomic E-state index is -0.199. The van der Waals surface area contributed by atoms with Gasteiger partial charge >= 0.3 is 0 Å². The number of tetrazole rings is 1. The maximum Gasteiger partial charge on any atom is 0.272 e. The van der Waals surface area contributed by atoms with Gasteiger partial charge in [-0.1, -0.05) is 23.7 Å². The highest BCUT2D eigenvalue weighted by molar-refractivity contribution is 6.30. The SMILES string of the molecule is O=c1cc(Cc2cccc(Cl)c2)[nH]n1-c1cc(-c2nn[nH]n2)ccn1. The minimum Gasteiger partial charge on any atom is -0.293 e. The van der Waals surface area contributed by atoms with E-state index in [-0.39, 0.29) is 5.56 Å². The highest BCUT2D eigenvalue weighted by atomic mass is 35.5. The lowest BCUT2D eigenvalue weighted by molar-refractivity contribution is 0.798. The molecule has 4 aromatic rings. The van der Waals surface area contributed by atoms with Gasteiger partial charge in [-0.3, -0.25) is 9.89 Å². The molecule has 0 amide bonds. The Hall–Kier alpha value is -3.26. The number of hydrogen-bond acceptors (Lipinski definition) is 5. The molecule has 0 aliphatic carbocycles. The number of aromatic amines is 2. The monoisotopic (exact) mass is 353 g/mol. The summed E-state index contributed by atoms with van der Waals surface area (Å²) in [6.07, 6.45) is 2.15. The third-order valence-corrected chi connectivity index (χ3v) is 3.87. The first-order valence-electron chi connectivity index (χ1n) is 7.45. The molecule has 0 saturated carbocycles. The van der Waals surface area contributed by atoms with E-state index in [0.717, 1.165) is 11.3 Å². The van der Waals surface area contributed by atoms with Crippen LogP contribution in [0.15, 0.2) is 53.5 Å². The minimum absolute atomic E-state index is 0.199. The molecule has 3 aromatic heterocycles. The van der Waals surface area contributed by atoms with Crippen LogP contribution in [0.5, 0.6) is 0 Å². The van der Waals surface area contributed by atoms with Gasteiger partial charge in [-0.25, -0.2) is 9.67 Å². The van der Waals surface area contributed by atoms with Crippen LogP contribution in [-0.2, 0) is 6.42 Å². The van der Waals surface area contributed by atoms with Gasteiger partial charge in [0.1, 0.15) is 0 Å². The van der Waals surface area contributed by atoms with E-state index in [2.05, 4.69) is 30.7 Å². The maximum atomic E-state index is 12.3. The van der Waals surface area contributed by atoms with E-state index < -0.39 is 0 Å². The first kappa shape index (κ1) is 15.3. The molecular formula is C16H12ClN7O. The Balaban J connectivity index is 1.67. The predicted molar refractivity (Wildman–Crippen MR) is 91.6 cm³/mol. The van der Waals surface area contributed by atoms with E-state index in [1.54, 1.807) is 24.4 Å². The lowest BCUT2D eigenvalue weighted by Gasteiger charge is -2.03. The number of pyridine rings is 1. The average Bonchev–Trinajstić information content (AvgIpc) is 3.25. The van der Waals surface area contributed by atoms with Gasteiger partial charge in [0.15, 0.2) is 5.82 Å². The van der Waals surface area contributed by atoms with E-state index >= 15 is 0 Å². The number of benzene rings is 1. The van der Waals surface area contributed by atoms with Crippen LogP contribution < -0.4 is 5.56 Å². The normalized spacial score (nSPS) is 10.9. The Bertz CT molecular complexity index is 1070. The summed E-state index contributed by atoms with van der Waals surface area (Å²) in [7, 11) is 0. The quantitative estimate of drug-likeness (QED) is 0.583. The van der Waals surface area contributed by atoms with Crippen molar-refractivity contribution in [3.63, 3.8) is 0 Å². The zero-order chi connectivity index (χ0) is 17.2. The Labute approximate surface area is 146 Å². The van der Waals surface area contributed by atoms with E-state index in [1.807, 2.05) is 24.3 Å². The molecule has 0 aliphatic rings. The fourth-order valence-electron chi connectivity index (χ4n) is 2.54. The van der Waals surface area contributed by atoms with Gasteiger partial charge in [-0.2, -0.15) is 5.21 Å². The fourth-order valence-corrected chi connectivity index (χ4v) is 2.75. The Morgan fingerprint density at radius 3 is 2.88 bits per heavy atom. The van der Waals surface area contributed by atoms with Crippen LogP contribution >= 0.6 is 11.6 Å². The van der Waals surface area contributed by atoms with Crippen molar-refractivity contribution in [1.29, 1.82) is 0 Å². The number of nitrogens with zero attached hydrogens (tertiary/aromatic N) is 5. The van der Waals surface area contributed by atoms with Crippen molar-refractivity contribution in [3.05, 3.63) is 75.3 Å². The molecule has 0 spiro atoms. The first-order valence-corrected chi connectivity index (χ1v) is 7.82. The van der Waals surface area contributed by atoms with Crippen LogP contribution in [0.4, 0.5) is 0 Å². The topological polar surface area (TPSA) is 105 Å². The number of nitrogens with one attached hydrogen (secondary N) is 2. The molecule has 0 radical (unpaired) electrons. The van der Waals surface area contributed by atoms with Crippen LogP contribution in [-0.4, -0.2) is 35.4 Å². The van der Waals surface area contributed by atoms with E-state index in [4.69, 9.17) is 11.6 Å². The molecule has 1 aromatic carbocycles. The van der Waals surface area contributed by atoms with Gasteiger partial charge in [-0.15, -0.1) is 10.2 Å². The molecule has 2 N–H and O–H groups in total. The van der Waals surface area contributed by atoms with Crippen molar-refractivity contribution < 1.29 is 0 Å². The van der Waals surface area contributed by atoms with E-state index in [0.29, 0.717) is 28.6 Å². The third kappa shape index (κ3) is 3.20. The summed E-state index contributed by atoms with van der Waals surface area (Å²) in [5, 5.41) is 17.5. The smallest absolute Gasteiger partial charge is 0.272 e. The number of hydrogen-bond donors (Lipinski definition) is 2. The summed E-state index contributed by atoms with van der Waals surface area (Å²) in [5.74, 6) is 0.882. The lowest BCUT2D eigenvalue weighted by atomic mass is 10.1. The lowest BCUT2D eigenvalue weighted by Crippen LogP contribution is -2.14. The molecule has 4 rings (SSSR count). The number of rotatable bonds is 4. The largest absolute Gasteiger partial charge is 0.293 e. The third-order valence-electron chi connectivity index (χ3n) is 3.64. The first-order chi connectivity index (χ1) is 12.2. The van der Waals surface area contributed by atoms with Gasteiger partial charge in [0.2, 0.25) is 5.82 Å². The summed E-state index contributed by atoms with van der Waals surface area (Å²) in [4.78, 5) is 16.6. The second-order valence-electron chi connectivity index (χ2n) is 5.40. The van der Waals surface area contributed by atoms with Gasteiger partial charge < -0.3 is 0 Å². The summed E-state index contributed by atoms with van der Waals surface area (Å²) < 4.78 is 1.38. The highest BCUT2D eigenvalue weighted by Crippen LogP contribution is 2.16. The number of halogens is 1. The van der Waals surface area contributed by atoms with E-state index in [1.165, 1.54) is 4.68 Å². The molecular weight excluding hydrogens is 342 g/mol. The second-order valence-corrected chi connectivity index (χ2v) is 5.84. The zero-order valence-electron chi connectivity index (χ0n) is 12.8. The molecule has 8 nitrogen and oxygen atoms in total. The van der Waals surface area contributed by atoms with Gasteiger partial charge in [0.25, 0.3) is 5.56 Å². The van der Waals surface area contributed by atoms with Gasteiger partial charge in [0, 0.05) is 35.0 Å². The highest BCUT2D eigenvalue weighted by Gasteiger charge is 2.10. The summed E-state index contributed by atoms with van der Waals surface area (Å²) in [6.45, 7) is 0. The molecule has 0 aliphatic heterocycles. The van der Waals surface area contributed by atoms with Crippen LogP contribution in [0.25, 0.3) is 17.2 Å². The van der Waals surface area contributed by atoms with Crippen molar-refractivity contribution in [3.8, 4) is 17.2 Å². The summed E-state index contributed by atoms with van der Waals surface area (Å²) in [6, 6.07) is 12.5. The van der Waals surface area contributed by atoms with Crippen molar-refractivity contribution >= 4 is 11.6 Å². The molecule has 0 bridgehead atoms. The zero-order valence-corrected chi connectivity index (χ0v) is 13.6. The molecule has 124 valence electrons. The van der Waals surface area contributed by atoms with Crippen LogP contribution in [0, 0.1) is 0 Å². The summed E-state index contributed by atoms with van der Waals surface area (Å²) >= 11 is 6.00. The van der Waals surface area contributed by atoms with Gasteiger partial charge in [0.05, 0.1) is 0 Å². The van der Waals surface area contributed by atoms with E-state index in [9.17, 15) is 4.79 Å². The average molecular weight is 354 g/mol. The Morgan fingerprint density at radius 1 is 1.16 bits per heavy atom. The maximum absolute atomic E-state index is 12.3. The predicted octanol–water partition coefficient (Wildman–Crippen LogP) is 1.98. The van der Waals surface area contributed by atoms with Crippen LogP contribution in [0.2, 0.25) is 5.02 Å². The second kappa shape index (κ2) is 6.33. The number of H-pyrrole nitrogens is 2. The molecule has 0 unspecified atom stereocenters. The Kier molecular flexibility index (Phi) is 3.87. The fraction of sp³-hybridized carbons (Fsp3) is 0.0625. The number of aromatic nitrogens is 7. The van der Waals surface area contributed by atoms with Gasteiger partial charge in [-0.05, 0) is 35.0 Å². The van der Waals surface area contributed by atoms with Crippen molar-refractivity contribution in [2.75, 3.05) is 0 Å². The van der Waals surface area contributed by atoms with Crippen molar-refractivity contribution in [1.82, 2.24) is 35.4 Å². The van der Waals surface area contributed by atoms with Crippen LogP contribution in [0.1, 0.15) is 11.3 Å². The molecule has 25 heavy (non-hydrogen) atoms. The van der Waals surface area contributed by atoms with Crippen molar-refractivity contribution in [2.24, 2.45) is 0 Å². The molecule has 3 heterocycles.